The zero-order chi connectivity index (χ0) is 13.0. The van der Waals surface area contributed by atoms with Crippen LogP contribution in [0.2, 0.25) is 0 Å². The van der Waals surface area contributed by atoms with E-state index < -0.39 is 0 Å². The number of carbonyl (C=O) groups is 1. The van der Waals surface area contributed by atoms with Crippen LogP contribution in [0.1, 0.15) is 58.8 Å². The summed E-state index contributed by atoms with van der Waals surface area (Å²) in [4.78, 5) is 11.9. The van der Waals surface area contributed by atoms with E-state index in [9.17, 15) is 4.79 Å². The second-order valence-electron chi connectivity index (χ2n) is 6.25. The minimum absolute atomic E-state index is 0.00426. The zero-order valence-corrected chi connectivity index (χ0v) is 11.6. The Bertz CT molecular complexity index is 286. The second-order valence-corrected chi connectivity index (χ2v) is 6.25. The normalized spacial score (nSPS) is 28.7. The van der Waals surface area contributed by atoms with Crippen molar-refractivity contribution >= 4 is 6.03 Å². The molecule has 2 fully saturated rings. The Morgan fingerprint density at radius 3 is 2.39 bits per heavy atom. The van der Waals surface area contributed by atoms with Crippen molar-refractivity contribution < 1.29 is 9.53 Å². The number of ether oxygens (including phenoxy) is 1. The summed E-state index contributed by atoms with van der Waals surface area (Å²) in [7, 11) is 0. The molecule has 1 saturated heterocycles. The number of amides is 2. The summed E-state index contributed by atoms with van der Waals surface area (Å²) in [5.74, 6) is 0. The van der Waals surface area contributed by atoms with E-state index in [1.807, 2.05) is 0 Å². The maximum absolute atomic E-state index is 11.9. The first kappa shape index (κ1) is 13.7. The van der Waals surface area contributed by atoms with Crippen LogP contribution in [0, 0.1) is 0 Å². The van der Waals surface area contributed by atoms with Gasteiger partial charge < -0.3 is 15.4 Å². The van der Waals surface area contributed by atoms with E-state index in [0.29, 0.717) is 6.04 Å². The molecule has 0 aromatic carbocycles. The lowest BCUT2D eigenvalue weighted by molar-refractivity contribution is -0.0611. The molecule has 18 heavy (non-hydrogen) atoms. The number of urea groups is 1. The van der Waals surface area contributed by atoms with Crippen LogP contribution in [0.3, 0.4) is 0 Å². The van der Waals surface area contributed by atoms with Crippen molar-refractivity contribution in [2.24, 2.45) is 0 Å². The summed E-state index contributed by atoms with van der Waals surface area (Å²) in [6, 6.07) is 0.633. The fourth-order valence-electron chi connectivity index (χ4n) is 3.01. The van der Waals surface area contributed by atoms with Crippen LogP contribution in [-0.4, -0.2) is 30.3 Å². The molecule has 0 spiro atoms. The summed E-state index contributed by atoms with van der Waals surface area (Å²) in [5, 5.41) is 6.19. The molecule has 2 rings (SSSR count). The average molecular weight is 254 g/mol. The lowest BCUT2D eigenvalue weighted by Gasteiger charge is -2.36. The van der Waals surface area contributed by atoms with Gasteiger partial charge in [0.05, 0.1) is 5.60 Å². The Balaban J connectivity index is 1.73. The number of rotatable bonds is 2. The molecule has 0 aromatic rings. The monoisotopic (exact) mass is 254 g/mol. The first-order chi connectivity index (χ1) is 8.55. The second kappa shape index (κ2) is 5.91. The van der Waals surface area contributed by atoms with E-state index in [0.717, 1.165) is 32.3 Å². The molecule has 2 aliphatic rings. The number of hydrogen-bond donors (Lipinski definition) is 2. The Morgan fingerprint density at radius 1 is 1.06 bits per heavy atom. The summed E-state index contributed by atoms with van der Waals surface area (Å²) in [6.07, 6.45) is 7.88. The van der Waals surface area contributed by atoms with E-state index in [1.54, 1.807) is 0 Å². The molecule has 2 amide bonds. The zero-order valence-electron chi connectivity index (χ0n) is 11.6. The summed E-state index contributed by atoms with van der Waals surface area (Å²) in [6.45, 7) is 4.90. The third-order valence-electron chi connectivity index (χ3n) is 3.97. The fraction of sp³-hybridized carbons (Fsp3) is 0.929. The highest BCUT2D eigenvalue weighted by molar-refractivity contribution is 5.74. The molecule has 1 heterocycles. The highest BCUT2D eigenvalue weighted by atomic mass is 16.5. The predicted molar refractivity (Wildman–Crippen MR) is 71.6 cm³/mol. The molecule has 0 radical (unpaired) electrons. The summed E-state index contributed by atoms with van der Waals surface area (Å²) in [5.41, 5.74) is -0.110. The SMILES string of the molecule is CC1(C)CC(NC(=O)NC2CCCCC2)CCO1. The van der Waals surface area contributed by atoms with E-state index >= 15 is 0 Å². The highest BCUT2D eigenvalue weighted by Crippen LogP contribution is 2.24. The Labute approximate surface area is 110 Å². The molecule has 1 unspecified atom stereocenters. The number of hydrogen-bond acceptors (Lipinski definition) is 2. The maximum Gasteiger partial charge on any atom is 0.315 e. The van der Waals surface area contributed by atoms with Gasteiger partial charge in [0.2, 0.25) is 0 Å². The number of nitrogens with one attached hydrogen (secondary N) is 2. The molecule has 1 saturated carbocycles. The standard InChI is InChI=1S/C14H26N2O2/c1-14(2)10-12(8-9-18-14)16-13(17)15-11-6-4-3-5-7-11/h11-12H,3-10H2,1-2H3,(H2,15,16,17). The van der Waals surface area contributed by atoms with Crippen LogP contribution in [0.15, 0.2) is 0 Å². The number of carbonyl (C=O) groups excluding carboxylic acids is 1. The van der Waals surface area contributed by atoms with E-state index in [4.69, 9.17) is 4.74 Å². The predicted octanol–water partition coefficient (Wildman–Crippen LogP) is 2.58. The van der Waals surface area contributed by atoms with Gasteiger partial charge in [-0.25, -0.2) is 4.79 Å². The largest absolute Gasteiger partial charge is 0.375 e. The average Bonchev–Trinajstić information content (AvgIpc) is 2.28. The fourth-order valence-corrected chi connectivity index (χ4v) is 3.01. The topological polar surface area (TPSA) is 50.4 Å². The Hall–Kier alpha value is -0.770. The van der Waals surface area contributed by atoms with Gasteiger partial charge in [0.1, 0.15) is 0 Å². The molecule has 0 bridgehead atoms. The quantitative estimate of drug-likeness (QED) is 0.795. The van der Waals surface area contributed by atoms with Crippen LogP contribution in [0.25, 0.3) is 0 Å². The molecule has 104 valence electrons. The van der Waals surface area contributed by atoms with E-state index in [-0.39, 0.29) is 17.7 Å². The highest BCUT2D eigenvalue weighted by Gasteiger charge is 2.30. The molecule has 1 aliphatic carbocycles. The minimum atomic E-state index is -0.110. The van der Waals surface area contributed by atoms with Gasteiger partial charge in [-0.05, 0) is 39.5 Å². The molecule has 1 atom stereocenters. The van der Waals surface area contributed by atoms with Crippen LogP contribution < -0.4 is 10.6 Å². The van der Waals surface area contributed by atoms with Crippen LogP contribution in [0.4, 0.5) is 4.79 Å². The third kappa shape index (κ3) is 4.16. The van der Waals surface area contributed by atoms with E-state index in [2.05, 4.69) is 24.5 Å². The van der Waals surface area contributed by atoms with Gasteiger partial charge in [0, 0.05) is 18.7 Å². The minimum Gasteiger partial charge on any atom is -0.375 e. The van der Waals surface area contributed by atoms with Gasteiger partial charge in [-0.15, -0.1) is 0 Å². The lowest BCUT2D eigenvalue weighted by atomic mass is 9.94. The molecule has 1 aliphatic heterocycles. The van der Waals surface area contributed by atoms with Crippen molar-refractivity contribution in [1.82, 2.24) is 10.6 Å². The maximum atomic E-state index is 11.9. The van der Waals surface area contributed by atoms with Crippen LogP contribution in [-0.2, 0) is 4.74 Å². The molecular formula is C14H26N2O2. The molecule has 4 heteroatoms. The van der Waals surface area contributed by atoms with Crippen molar-refractivity contribution in [2.45, 2.75) is 76.5 Å². The molecular weight excluding hydrogens is 228 g/mol. The molecule has 2 N–H and O–H groups in total. The summed E-state index contributed by atoms with van der Waals surface area (Å²) >= 11 is 0. The van der Waals surface area contributed by atoms with Crippen LogP contribution in [0.5, 0.6) is 0 Å². The van der Waals surface area contributed by atoms with Gasteiger partial charge >= 0.3 is 6.03 Å². The van der Waals surface area contributed by atoms with Crippen molar-refractivity contribution in [1.29, 1.82) is 0 Å². The smallest absolute Gasteiger partial charge is 0.315 e. The lowest BCUT2D eigenvalue weighted by Crippen LogP contribution is -2.51. The first-order valence-corrected chi connectivity index (χ1v) is 7.26. The van der Waals surface area contributed by atoms with Gasteiger partial charge in [0.25, 0.3) is 0 Å². The van der Waals surface area contributed by atoms with Gasteiger partial charge in [-0.3, -0.25) is 0 Å². The van der Waals surface area contributed by atoms with Crippen molar-refractivity contribution in [3.63, 3.8) is 0 Å². The van der Waals surface area contributed by atoms with Gasteiger partial charge in [-0.2, -0.15) is 0 Å². The third-order valence-corrected chi connectivity index (χ3v) is 3.97. The van der Waals surface area contributed by atoms with Gasteiger partial charge in [-0.1, -0.05) is 19.3 Å². The van der Waals surface area contributed by atoms with Gasteiger partial charge in [0.15, 0.2) is 0 Å². The first-order valence-electron chi connectivity index (χ1n) is 7.26. The van der Waals surface area contributed by atoms with Crippen molar-refractivity contribution in [2.75, 3.05) is 6.61 Å². The van der Waals surface area contributed by atoms with Crippen molar-refractivity contribution in [3.05, 3.63) is 0 Å². The molecule has 0 aromatic heterocycles. The Kier molecular flexibility index (Phi) is 4.49. The summed E-state index contributed by atoms with van der Waals surface area (Å²) < 4.78 is 5.66. The molecule has 4 nitrogen and oxygen atoms in total. The van der Waals surface area contributed by atoms with Crippen molar-refractivity contribution in [3.8, 4) is 0 Å². The van der Waals surface area contributed by atoms with Crippen LogP contribution >= 0.6 is 0 Å². The Morgan fingerprint density at radius 2 is 1.72 bits per heavy atom. The van der Waals surface area contributed by atoms with E-state index in [1.165, 1.54) is 19.3 Å².